The van der Waals surface area contributed by atoms with E-state index >= 15 is 0 Å². The molecule has 1 saturated carbocycles. The molecule has 0 amide bonds. The van der Waals surface area contributed by atoms with Crippen LogP contribution in [-0.4, -0.2) is 28.2 Å². The van der Waals surface area contributed by atoms with E-state index in [-0.39, 0.29) is 12.0 Å². The predicted molar refractivity (Wildman–Crippen MR) is 113 cm³/mol. The van der Waals surface area contributed by atoms with Gasteiger partial charge in [-0.25, -0.2) is 4.98 Å². The van der Waals surface area contributed by atoms with E-state index in [9.17, 15) is 10.3 Å². The third-order valence-corrected chi connectivity index (χ3v) is 5.86. The van der Waals surface area contributed by atoms with Crippen molar-refractivity contribution in [3.8, 4) is 6.07 Å². The largest absolute Gasteiger partial charge is 0.492 e. The normalized spacial score (nSPS) is 22.7. The van der Waals surface area contributed by atoms with Gasteiger partial charge in [0.2, 0.25) is 5.95 Å². The fourth-order valence-corrected chi connectivity index (χ4v) is 4.19. The fraction of sp³-hybridized carbons (Fsp3) is 0.476. The molecule has 2 aromatic rings. The van der Waals surface area contributed by atoms with Crippen molar-refractivity contribution in [2.45, 2.75) is 58.1 Å². The van der Waals surface area contributed by atoms with Crippen LogP contribution in [0.25, 0.3) is 0 Å². The summed E-state index contributed by atoms with van der Waals surface area (Å²) in [6.45, 7) is 5.84. The maximum absolute atomic E-state index is 10.1. The van der Waals surface area contributed by atoms with Crippen molar-refractivity contribution >= 4 is 30.0 Å². The molecular formula is C21H26BN5O2. The molecule has 2 atom stereocenters. The Labute approximate surface area is 171 Å². The van der Waals surface area contributed by atoms with Gasteiger partial charge in [-0.2, -0.15) is 10.2 Å². The summed E-state index contributed by atoms with van der Waals surface area (Å²) in [5, 5.41) is 26.2. The van der Waals surface area contributed by atoms with Crippen LogP contribution in [-0.2, 0) is 10.3 Å². The van der Waals surface area contributed by atoms with Gasteiger partial charge in [0.05, 0.1) is 17.6 Å². The molecule has 8 heteroatoms. The van der Waals surface area contributed by atoms with E-state index in [2.05, 4.69) is 26.7 Å². The van der Waals surface area contributed by atoms with Gasteiger partial charge in [-0.15, -0.1) is 0 Å². The lowest BCUT2D eigenvalue weighted by Gasteiger charge is -2.28. The van der Waals surface area contributed by atoms with Crippen LogP contribution in [0.3, 0.4) is 0 Å². The monoisotopic (exact) mass is 391 g/mol. The first kappa shape index (κ1) is 19.7. The number of fused-ring (bicyclic) bond motifs is 1. The Morgan fingerprint density at radius 1 is 1.31 bits per heavy atom. The molecule has 150 valence electrons. The first-order valence-electron chi connectivity index (χ1n) is 10.1. The van der Waals surface area contributed by atoms with Gasteiger partial charge in [0.1, 0.15) is 5.82 Å². The molecule has 2 unspecified atom stereocenters. The topological polar surface area (TPSA) is 103 Å². The minimum Gasteiger partial charge on any atom is -0.423 e. The Morgan fingerprint density at radius 3 is 2.90 bits per heavy atom. The molecule has 29 heavy (non-hydrogen) atoms. The summed E-state index contributed by atoms with van der Waals surface area (Å²) in [6.07, 6.45) is 5.93. The lowest BCUT2D eigenvalue weighted by atomic mass is 9.78. The number of aryl methyl sites for hydroxylation is 1. The van der Waals surface area contributed by atoms with Crippen LogP contribution >= 0.6 is 0 Å². The molecule has 1 aliphatic heterocycles. The summed E-state index contributed by atoms with van der Waals surface area (Å²) in [4.78, 5) is 9.06. The van der Waals surface area contributed by atoms with E-state index in [1.54, 1.807) is 6.20 Å². The second-order valence-electron chi connectivity index (χ2n) is 8.40. The zero-order valence-corrected chi connectivity index (χ0v) is 17.1. The molecule has 1 aromatic carbocycles. The summed E-state index contributed by atoms with van der Waals surface area (Å²) in [6, 6.07) is 8.27. The summed E-state index contributed by atoms with van der Waals surface area (Å²) in [7, 11) is -0.899. The third kappa shape index (κ3) is 3.93. The van der Waals surface area contributed by atoms with Gasteiger partial charge >= 0.3 is 7.12 Å². The van der Waals surface area contributed by atoms with Gasteiger partial charge in [0, 0.05) is 23.5 Å². The van der Waals surface area contributed by atoms with Crippen LogP contribution in [0, 0.1) is 24.2 Å². The summed E-state index contributed by atoms with van der Waals surface area (Å²) in [5.41, 5.74) is 2.95. The Kier molecular flexibility index (Phi) is 5.20. The van der Waals surface area contributed by atoms with E-state index in [0.717, 1.165) is 53.8 Å². The zero-order valence-electron chi connectivity index (χ0n) is 17.1. The number of hydrogen-bond donors (Lipinski definition) is 3. The number of anilines is 3. The highest BCUT2D eigenvalue weighted by atomic mass is 16.5. The van der Waals surface area contributed by atoms with Crippen LogP contribution in [0.4, 0.5) is 17.5 Å². The van der Waals surface area contributed by atoms with Gasteiger partial charge in [-0.3, -0.25) is 0 Å². The van der Waals surface area contributed by atoms with Crippen molar-refractivity contribution in [1.29, 1.82) is 5.26 Å². The molecule has 7 nitrogen and oxygen atoms in total. The first-order valence-corrected chi connectivity index (χ1v) is 10.1. The molecule has 2 aliphatic rings. The van der Waals surface area contributed by atoms with Crippen molar-refractivity contribution in [3.63, 3.8) is 0 Å². The molecule has 0 radical (unpaired) electrons. The van der Waals surface area contributed by atoms with E-state index in [1.807, 2.05) is 39.0 Å². The number of nitriles is 1. The molecule has 1 fully saturated rings. The van der Waals surface area contributed by atoms with E-state index in [0.29, 0.717) is 5.95 Å². The average molecular weight is 391 g/mol. The van der Waals surface area contributed by atoms with Gasteiger partial charge in [0.25, 0.3) is 0 Å². The summed E-state index contributed by atoms with van der Waals surface area (Å²) >= 11 is 0. The average Bonchev–Trinajstić information content (AvgIpc) is 2.93. The van der Waals surface area contributed by atoms with E-state index in [4.69, 9.17) is 4.65 Å². The van der Waals surface area contributed by atoms with Crippen molar-refractivity contribution in [2.24, 2.45) is 5.92 Å². The molecular weight excluding hydrogens is 365 g/mol. The quantitative estimate of drug-likeness (QED) is 0.689. The van der Waals surface area contributed by atoms with Gasteiger partial charge in [-0.05, 0) is 56.8 Å². The van der Waals surface area contributed by atoms with Crippen molar-refractivity contribution in [2.75, 3.05) is 10.6 Å². The number of nitrogens with zero attached hydrogens (tertiary/aromatic N) is 3. The second kappa shape index (κ2) is 7.66. The highest BCUT2D eigenvalue weighted by molar-refractivity contribution is 6.62. The van der Waals surface area contributed by atoms with Gasteiger partial charge in [-0.1, -0.05) is 18.9 Å². The zero-order chi connectivity index (χ0) is 20.6. The Hall–Kier alpha value is -2.63. The highest BCUT2D eigenvalue weighted by Crippen LogP contribution is 2.32. The van der Waals surface area contributed by atoms with Gasteiger partial charge < -0.3 is 20.3 Å². The van der Waals surface area contributed by atoms with Crippen molar-refractivity contribution in [1.82, 2.24) is 9.97 Å². The molecule has 0 bridgehead atoms. The molecule has 4 rings (SSSR count). The van der Waals surface area contributed by atoms with Crippen LogP contribution in [0.15, 0.2) is 24.4 Å². The Morgan fingerprint density at radius 2 is 2.10 bits per heavy atom. The highest BCUT2D eigenvalue weighted by Gasteiger charge is 2.40. The van der Waals surface area contributed by atoms with Crippen molar-refractivity contribution in [3.05, 3.63) is 35.5 Å². The number of benzene rings is 1. The van der Waals surface area contributed by atoms with Crippen LogP contribution in [0.1, 0.15) is 50.7 Å². The maximum atomic E-state index is 10.1. The molecule has 3 N–H and O–H groups in total. The predicted octanol–water partition coefficient (Wildman–Crippen LogP) is 2.98. The Balaban J connectivity index is 1.55. The molecule has 1 aliphatic carbocycles. The maximum Gasteiger partial charge on any atom is 0.492 e. The van der Waals surface area contributed by atoms with Crippen LogP contribution in [0.2, 0.25) is 0 Å². The van der Waals surface area contributed by atoms with Crippen LogP contribution in [0.5, 0.6) is 0 Å². The standard InChI is InChI=1S/C21H26BN5O2/c1-13-12-24-20(27-19(13)26-18-7-5-4-6-14(18)11-23)25-15-8-9-17-16(10-15)21(2,3)29-22(17)28/h8-10,12,14,18,28H,4-7H2,1-3H3,(H2,24,25,26,27). The second-order valence-corrected chi connectivity index (χ2v) is 8.40. The lowest BCUT2D eigenvalue weighted by molar-refractivity contribution is 0.101. The van der Waals surface area contributed by atoms with Gasteiger partial charge in [0.15, 0.2) is 0 Å². The number of hydrogen-bond acceptors (Lipinski definition) is 7. The number of aromatic nitrogens is 2. The van der Waals surface area contributed by atoms with E-state index < -0.39 is 12.7 Å². The Bertz CT molecular complexity index is 959. The molecule has 1 aromatic heterocycles. The molecule has 2 heterocycles. The fourth-order valence-electron chi connectivity index (χ4n) is 4.19. The summed E-state index contributed by atoms with van der Waals surface area (Å²) < 4.78 is 5.62. The lowest BCUT2D eigenvalue weighted by Crippen LogP contribution is -2.32. The third-order valence-electron chi connectivity index (χ3n) is 5.86. The molecule has 0 spiro atoms. The van der Waals surface area contributed by atoms with Crippen LogP contribution < -0.4 is 16.1 Å². The minimum absolute atomic E-state index is 0.0138. The SMILES string of the molecule is Cc1cnc(Nc2ccc3c(c2)C(C)(C)OB3O)nc1NC1CCCCC1C#N. The minimum atomic E-state index is -0.899. The van der Waals surface area contributed by atoms with Crippen molar-refractivity contribution < 1.29 is 9.68 Å². The smallest absolute Gasteiger partial charge is 0.423 e. The molecule has 0 saturated heterocycles. The van der Waals surface area contributed by atoms with E-state index in [1.165, 1.54) is 0 Å². The number of rotatable bonds is 4. The number of nitrogens with one attached hydrogen (secondary N) is 2. The summed E-state index contributed by atoms with van der Waals surface area (Å²) in [5.74, 6) is 1.26. The first-order chi connectivity index (χ1) is 13.9.